The number of alkyl halides is 11. The van der Waals surface area contributed by atoms with Gasteiger partial charge < -0.3 is 0 Å². The van der Waals surface area contributed by atoms with Crippen molar-refractivity contribution in [3.8, 4) is 0 Å². The van der Waals surface area contributed by atoms with E-state index in [0.29, 0.717) is 0 Å². The Balaban J connectivity index is 3.87. The first kappa shape index (κ1) is 26.0. The predicted octanol–water partition coefficient (Wildman–Crippen LogP) is 6.52. The average molecular weight is 488 g/mol. The first-order chi connectivity index (χ1) is 12.9. The summed E-state index contributed by atoms with van der Waals surface area (Å²) in [5.74, 6) is -43.4. The van der Waals surface area contributed by atoms with Crippen molar-refractivity contribution in [2.24, 2.45) is 0 Å². The molecule has 19 heteroatoms. The first-order valence-corrected chi connectivity index (χ1v) is 6.31. The fraction of sp³-hybridized carbons (Fsp3) is 0.455. The number of benzene rings is 1. The molecule has 1 rings (SSSR count). The Hall–Kier alpha value is -2.08. The highest BCUT2D eigenvalue weighted by Gasteiger charge is 2.94. The minimum absolute atomic E-state index is 3.32. The molecule has 30 heavy (non-hydrogen) atoms. The number of nitrogens with zero attached hydrogens (tertiary/aromatic N) is 1. The van der Waals surface area contributed by atoms with Crippen LogP contribution in [0.3, 0.4) is 0 Å². The van der Waals surface area contributed by atoms with Crippen LogP contribution in [0.15, 0.2) is 0 Å². The molecule has 1 aromatic carbocycles. The predicted molar refractivity (Wildman–Crippen MR) is 56.1 cm³/mol. The number of rotatable bonds is 5. The van der Waals surface area contributed by atoms with Gasteiger partial charge in [0, 0.05) is 0 Å². The van der Waals surface area contributed by atoms with E-state index in [1.165, 1.54) is 0 Å². The maximum Gasteiger partial charge on any atom is 0.540 e. The van der Waals surface area contributed by atoms with Gasteiger partial charge in [0.25, 0.3) is 5.69 Å². The zero-order chi connectivity index (χ0) is 24.5. The summed E-state index contributed by atoms with van der Waals surface area (Å²) in [6, 6.07) is -8.33. The van der Waals surface area contributed by atoms with E-state index in [2.05, 4.69) is 0 Å². The molecule has 0 fully saturated rings. The van der Waals surface area contributed by atoms with Crippen molar-refractivity contribution in [1.29, 1.82) is 0 Å². The van der Waals surface area contributed by atoms with Gasteiger partial charge in [-0.05, 0) is 0 Å². The molecule has 0 aromatic heterocycles. The van der Waals surface area contributed by atoms with Crippen molar-refractivity contribution >= 4 is 5.69 Å². The van der Waals surface area contributed by atoms with E-state index in [1.807, 2.05) is 0 Å². The zero-order valence-corrected chi connectivity index (χ0v) is 12.8. The molecular weight excluding hydrogens is 488 g/mol. The zero-order valence-electron chi connectivity index (χ0n) is 12.8. The molecule has 0 bridgehead atoms. The summed E-state index contributed by atoms with van der Waals surface area (Å²) in [7, 11) is 0. The monoisotopic (exact) mass is 488 g/mol. The number of quaternary nitrogens is 1. The van der Waals surface area contributed by atoms with Gasteiger partial charge in [-0.1, -0.05) is 0 Å². The Kier molecular flexibility index (Phi) is 5.80. The molecule has 0 amide bonds. The molecule has 0 heterocycles. The quantitative estimate of drug-likeness (QED) is 0.146. The van der Waals surface area contributed by atoms with Gasteiger partial charge in [-0.3, -0.25) is 0 Å². The molecular formula is C11F18N+. The van der Waals surface area contributed by atoms with Crippen LogP contribution in [0.25, 0.3) is 0 Å². The summed E-state index contributed by atoms with van der Waals surface area (Å²) >= 11 is 0. The van der Waals surface area contributed by atoms with Gasteiger partial charge in [0.2, 0.25) is 29.1 Å². The van der Waals surface area contributed by atoms with Crippen molar-refractivity contribution in [2.75, 3.05) is 0 Å². The molecule has 0 aliphatic rings. The Morgan fingerprint density at radius 3 is 1.03 bits per heavy atom. The third-order valence-corrected chi connectivity index (χ3v) is 3.34. The summed E-state index contributed by atoms with van der Waals surface area (Å²) in [5, 5.41) is 0. The number of hydrogen-bond acceptors (Lipinski definition) is 0. The highest BCUT2D eigenvalue weighted by atomic mass is 19.4. The highest BCUT2D eigenvalue weighted by molar-refractivity contribution is 5.45. The van der Waals surface area contributed by atoms with E-state index in [4.69, 9.17) is 0 Å². The fourth-order valence-electron chi connectivity index (χ4n) is 1.72. The Bertz CT molecular complexity index is 807. The smallest absolute Gasteiger partial charge is 0.200 e. The van der Waals surface area contributed by atoms with Crippen molar-refractivity contribution in [2.45, 2.75) is 30.0 Å². The van der Waals surface area contributed by atoms with E-state index < -0.39 is 69.7 Å². The van der Waals surface area contributed by atoms with Crippen LogP contribution in [0.4, 0.5) is 84.9 Å². The van der Waals surface area contributed by atoms with E-state index in [-0.39, 0.29) is 0 Å². The van der Waals surface area contributed by atoms with E-state index in [1.54, 1.807) is 0 Å². The topological polar surface area (TPSA) is 0 Å². The van der Waals surface area contributed by atoms with Crippen LogP contribution in [-0.2, 0) is 0 Å². The third-order valence-electron chi connectivity index (χ3n) is 3.34. The summed E-state index contributed by atoms with van der Waals surface area (Å²) in [6.07, 6.45) is -7.75. The third kappa shape index (κ3) is 3.03. The van der Waals surface area contributed by atoms with E-state index in [9.17, 15) is 79.2 Å². The van der Waals surface area contributed by atoms with Crippen LogP contribution in [0.2, 0.25) is 0 Å². The summed E-state index contributed by atoms with van der Waals surface area (Å²) in [5.41, 5.74) is -4.25. The lowest BCUT2D eigenvalue weighted by Gasteiger charge is -2.36. The second-order valence-corrected chi connectivity index (χ2v) is 5.19. The molecule has 174 valence electrons. The van der Waals surface area contributed by atoms with Crippen LogP contribution in [-0.4, -0.2) is 30.0 Å². The van der Waals surface area contributed by atoms with Crippen molar-refractivity contribution < 1.29 is 79.2 Å². The second kappa shape index (κ2) is 6.71. The molecule has 0 atom stereocenters. The molecule has 1 aromatic rings. The lowest BCUT2D eigenvalue weighted by molar-refractivity contribution is -0.466. The maximum atomic E-state index is 13.6. The lowest BCUT2D eigenvalue weighted by atomic mass is 10.0. The van der Waals surface area contributed by atoms with Crippen LogP contribution in [0.5, 0.6) is 0 Å². The standard InChI is InChI=1S/C11F18N/c12-1-2(13)4(15)6(5(16)3(1)14)30(28,29)11(26,27)9(21,22)7(17,18)8(19,20)10(23,24)25/q+1. The first-order valence-electron chi connectivity index (χ1n) is 6.31. The molecule has 0 aliphatic heterocycles. The molecule has 0 unspecified atom stereocenters. The Morgan fingerprint density at radius 2 is 0.733 bits per heavy atom. The van der Waals surface area contributed by atoms with Crippen molar-refractivity contribution in [1.82, 2.24) is 4.93 Å². The van der Waals surface area contributed by atoms with Crippen LogP contribution < -0.4 is 4.93 Å². The maximum absolute atomic E-state index is 13.6. The second-order valence-electron chi connectivity index (χ2n) is 5.19. The van der Waals surface area contributed by atoms with Gasteiger partial charge in [0.15, 0.2) is 4.93 Å². The Morgan fingerprint density at radius 1 is 0.433 bits per heavy atom. The van der Waals surface area contributed by atoms with Crippen molar-refractivity contribution in [3.63, 3.8) is 0 Å². The Labute approximate surface area is 150 Å². The lowest BCUT2D eigenvalue weighted by Crippen LogP contribution is -2.72. The fourth-order valence-corrected chi connectivity index (χ4v) is 1.72. The van der Waals surface area contributed by atoms with Crippen LogP contribution >= 0.6 is 0 Å². The van der Waals surface area contributed by atoms with Gasteiger partial charge in [-0.2, -0.15) is 48.3 Å². The van der Waals surface area contributed by atoms with E-state index in [0.717, 1.165) is 0 Å². The van der Waals surface area contributed by atoms with Gasteiger partial charge in [-0.25, -0.2) is 13.2 Å². The van der Waals surface area contributed by atoms with Crippen molar-refractivity contribution in [3.05, 3.63) is 29.1 Å². The summed E-state index contributed by atoms with van der Waals surface area (Å²) in [6.45, 7) is 0. The highest BCUT2D eigenvalue weighted by Crippen LogP contribution is 2.60. The molecule has 0 saturated heterocycles. The minimum atomic E-state index is -8.50. The van der Waals surface area contributed by atoms with Crippen LogP contribution in [0, 0.1) is 29.1 Å². The number of halogens is 18. The molecule has 0 aliphatic carbocycles. The largest absolute Gasteiger partial charge is 0.540 e. The van der Waals surface area contributed by atoms with Gasteiger partial charge >= 0.3 is 30.0 Å². The van der Waals surface area contributed by atoms with E-state index >= 15 is 0 Å². The molecule has 1 nitrogen and oxygen atoms in total. The summed E-state index contributed by atoms with van der Waals surface area (Å²) in [4.78, 5) is -6.78. The molecule has 0 radical (unpaired) electrons. The normalized spacial score (nSPS) is 15.0. The van der Waals surface area contributed by atoms with Gasteiger partial charge in [0.05, 0.1) is 8.96 Å². The molecule has 0 N–H and O–H groups in total. The molecule has 0 saturated carbocycles. The number of hydrogen-bond donors (Lipinski definition) is 0. The molecule has 0 spiro atoms. The van der Waals surface area contributed by atoms with Crippen LogP contribution in [0.1, 0.15) is 0 Å². The average Bonchev–Trinajstić information content (AvgIpc) is 2.56. The van der Waals surface area contributed by atoms with Gasteiger partial charge in [0.1, 0.15) is 0 Å². The minimum Gasteiger partial charge on any atom is -0.200 e. The summed E-state index contributed by atoms with van der Waals surface area (Å²) < 4.78 is 232. The van der Waals surface area contributed by atoms with Gasteiger partial charge in [-0.15, -0.1) is 8.78 Å². The SMILES string of the molecule is Fc1c(F)c(F)c([N+](F)(F)C(F)(F)C(F)(F)C(F)(F)C(F)(F)C(F)(F)F)c(F)c1F.